The maximum Gasteiger partial charge on any atom is 0.485 e. The highest BCUT2D eigenvalue weighted by atomic mass is 32.2. The minimum Gasteiger partial charge on any atom is -0.741 e. The highest BCUT2D eigenvalue weighted by Crippen LogP contribution is 2.49. The quantitative estimate of drug-likeness (QED) is 0.140. The molecule has 0 N–H and O–H groups in total. The number of ether oxygens (including phenoxy) is 2. The van der Waals surface area contributed by atoms with Gasteiger partial charge in [-0.25, -0.2) is 8.42 Å². The highest BCUT2D eigenvalue weighted by molar-refractivity contribution is 7.97. The molecule has 1 heterocycles. The summed E-state index contributed by atoms with van der Waals surface area (Å²) < 4.78 is 110. The van der Waals surface area contributed by atoms with Crippen LogP contribution in [0, 0.1) is 0 Å². The second kappa shape index (κ2) is 9.39. The monoisotopic (exact) mass is 524 g/mol. The fraction of sp³-hybridized carbons (Fsp3) is 0.143. The van der Waals surface area contributed by atoms with Crippen LogP contribution in [0.3, 0.4) is 0 Å². The average Bonchev–Trinajstić information content (AvgIpc) is 2.75. The molecule has 0 saturated carbocycles. The summed E-state index contributed by atoms with van der Waals surface area (Å²) in [6, 6.07) is 18.4. The van der Waals surface area contributed by atoms with Crippen molar-refractivity contribution in [3.8, 4) is 17.2 Å². The number of methoxy groups -OCH3 is 1. The van der Waals surface area contributed by atoms with Gasteiger partial charge in [0.25, 0.3) is 0 Å². The van der Waals surface area contributed by atoms with Gasteiger partial charge < -0.3 is 14.0 Å². The predicted octanol–water partition coefficient (Wildman–Crippen LogP) is 5.97. The van der Waals surface area contributed by atoms with Gasteiger partial charge in [-0.1, -0.05) is 24.3 Å². The Morgan fingerprint density at radius 1 is 0.824 bits per heavy atom. The largest absolute Gasteiger partial charge is 0.741 e. The van der Waals surface area contributed by atoms with Crippen LogP contribution in [-0.2, 0) is 27.2 Å². The van der Waals surface area contributed by atoms with Crippen molar-refractivity contribution in [2.24, 2.45) is 0 Å². The van der Waals surface area contributed by atoms with Crippen molar-refractivity contribution in [2.75, 3.05) is 7.11 Å². The molecule has 13 heteroatoms. The Morgan fingerprint density at radius 3 is 1.71 bits per heavy atom. The van der Waals surface area contributed by atoms with Gasteiger partial charge in [0.1, 0.15) is 10.9 Å². The van der Waals surface area contributed by atoms with Crippen LogP contribution in [0.5, 0.6) is 17.2 Å². The van der Waals surface area contributed by atoms with Crippen LogP contribution in [0.15, 0.2) is 81.4 Å². The molecule has 1 aliphatic heterocycles. The fourth-order valence-corrected chi connectivity index (χ4v) is 5.25. The van der Waals surface area contributed by atoms with E-state index in [1.54, 1.807) is 0 Å². The average molecular weight is 524 g/mol. The van der Waals surface area contributed by atoms with Crippen molar-refractivity contribution in [1.29, 1.82) is 0 Å². The molecule has 0 spiro atoms. The first-order valence-corrected chi connectivity index (χ1v) is 11.7. The second-order valence-corrected chi connectivity index (χ2v) is 9.87. The van der Waals surface area contributed by atoms with E-state index in [9.17, 15) is 26.3 Å². The van der Waals surface area contributed by atoms with Gasteiger partial charge in [0.2, 0.25) is 14.7 Å². The van der Waals surface area contributed by atoms with Crippen LogP contribution < -0.4 is 9.47 Å². The van der Waals surface area contributed by atoms with Gasteiger partial charge in [-0.3, -0.25) is 0 Å². The molecule has 3 aromatic carbocycles. The number of hydrogen-bond acceptors (Lipinski definition) is 5. The van der Waals surface area contributed by atoms with Gasteiger partial charge in [-0.05, 0) is 36.4 Å². The molecule has 1 aliphatic rings. The number of hydrogen-bond donors (Lipinski definition) is 0. The zero-order valence-corrected chi connectivity index (χ0v) is 18.6. The van der Waals surface area contributed by atoms with Crippen LogP contribution in [0.4, 0.5) is 26.3 Å². The standard InChI is InChI=1S/C20H14F3O2S.CHF3O3S/c1-24-14-11-10-13(20(21,22)23)12-19(14)26-17-8-4-2-6-15(17)25-16-7-3-5-9-18(16)26;2-1(3,4)8(5,6)7/h2-12H,1H3;(H,5,6,7)/q+1;/p-1. The Hall–Kier alpha value is -2.90. The third-order valence-corrected chi connectivity index (χ3v) is 7.23. The van der Waals surface area contributed by atoms with Crippen molar-refractivity contribution in [3.05, 3.63) is 72.3 Å². The molecule has 0 fully saturated rings. The molecule has 0 aliphatic carbocycles. The lowest BCUT2D eigenvalue weighted by molar-refractivity contribution is -0.137. The van der Waals surface area contributed by atoms with Gasteiger partial charge in [0, 0.05) is 6.07 Å². The third kappa shape index (κ3) is 5.42. The van der Waals surface area contributed by atoms with E-state index in [2.05, 4.69) is 0 Å². The first kappa shape index (κ1) is 25.7. The summed E-state index contributed by atoms with van der Waals surface area (Å²) >= 11 is 0. The number of rotatable bonds is 2. The number of fused-ring (bicyclic) bond motifs is 2. The summed E-state index contributed by atoms with van der Waals surface area (Å²) in [6.07, 6.45) is -4.42. The lowest BCUT2D eigenvalue weighted by atomic mass is 10.2. The van der Waals surface area contributed by atoms with Crippen LogP contribution >= 0.6 is 0 Å². The SMILES string of the molecule is COc1ccc(C(F)(F)F)cc1[S+]1c2ccccc2Oc2ccccc21.O=S(=O)([O-])C(F)(F)F. The number of alkyl halides is 6. The Bertz CT molecular complexity index is 1240. The molecule has 34 heavy (non-hydrogen) atoms. The number of benzene rings is 3. The molecule has 0 unspecified atom stereocenters. The topological polar surface area (TPSA) is 75.7 Å². The lowest BCUT2D eigenvalue weighted by Crippen LogP contribution is -2.21. The molecule has 5 nitrogen and oxygen atoms in total. The van der Waals surface area contributed by atoms with Crippen LogP contribution in [0.2, 0.25) is 0 Å². The first-order chi connectivity index (χ1) is 15.7. The third-order valence-electron chi connectivity index (χ3n) is 4.35. The van der Waals surface area contributed by atoms with Gasteiger partial charge in [-0.15, -0.1) is 0 Å². The normalized spacial score (nSPS) is 13.6. The van der Waals surface area contributed by atoms with Crippen molar-refractivity contribution < 1.29 is 48.8 Å². The van der Waals surface area contributed by atoms with E-state index in [0.717, 1.165) is 15.9 Å². The molecular weight excluding hydrogens is 510 g/mol. The molecule has 0 bridgehead atoms. The Kier molecular flexibility index (Phi) is 7.10. The summed E-state index contributed by atoms with van der Waals surface area (Å²) in [6.45, 7) is 0. The van der Waals surface area contributed by atoms with E-state index >= 15 is 0 Å². The lowest BCUT2D eigenvalue weighted by Gasteiger charge is -2.21. The van der Waals surface area contributed by atoms with E-state index < -0.39 is 38.3 Å². The van der Waals surface area contributed by atoms with Crippen molar-refractivity contribution >= 4 is 21.0 Å². The van der Waals surface area contributed by atoms with Crippen molar-refractivity contribution in [1.82, 2.24) is 0 Å². The molecule has 3 aromatic rings. The van der Waals surface area contributed by atoms with E-state index in [4.69, 9.17) is 22.4 Å². The summed E-state index contributed by atoms with van der Waals surface area (Å²) in [5, 5.41) is 0. The smallest absolute Gasteiger partial charge is 0.485 e. The summed E-state index contributed by atoms with van der Waals surface area (Å²) in [4.78, 5) is 2.16. The molecule has 0 atom stereocenters. The molecule has 0 amide bonds. The van der Waals surface area contributed by atoms with Gasteiger partial charge in [0.15, 0.2) is 27.4 Å². The van der Waals surface area contributed by atoms with Gasteiger partial charge in [-0.2, -0.15) is 26.3 Å². The fourth-order valence-electron chi connectivity index (χ4n) is 2.89. The summed E-state index contributed by atoms with van der Waals surface area (Å²) in [7, 11) is -5.39. The Labute approximate surface area is 193 Å². The molecule has 4 rings (SSSR count). The van der Waals surface area contributed by atoms with E-state index in [1.165, 1.54) is 19.2 Å². The van der Waals surface area contributed by atoms with Gasteiger partial charge >= 0.3 is 11.7 Å². The number of halogens is 6. The minimum absolute atomic E-state index is 0.424. The molecular formula is C21H14F6O5S2. The maximum atomic E-state index is 13.3. The van der Waals surface area contributed by atoms with Crippen LogP contribution in [0.1, 0.15) is 5.56 Å². The molecule has 182 valence electrons. The predicted molar refractivity (Wildman–Crippen MR) is 109 cm³/mol. The molecule has 0 aromatic heterocycles. The zero-order chi connectivity index (χ0) is 25.3. The van der Waals surface area contributed by atoms with E-state index in [0.29, 0.717) is 22.1 Å². The van der Waals surface area contributed by atoms with Crippen molar-refractivity contribution in [2.45, 2.75) is 26.4 Å². The highest BCUT2D eigenvalue weighted by Gasteiger charge is 2.43. The van der Waals surface area contributed by atoms with Crippen LogP contribution in [-0.4, -0.2) is 25.6 Å². The summed E-state index contributed by atoms with van der Waals surface area (Å²) in [5.74, 6) is 1.72. The minimum atomic E-state index is -6.09. The number of para-hydroxylation sites is 2. The summed E-state index contributed by atoms with van der Waals surface area (Å²) in [5.41, 5.74) is -6.34. The second-order valence-electron chi connectivity index (χ2n) is 6.56. The first-order valence-electron chi connectivity index (χ1n) is 9.11. The maximum absolute atomic E-state index is 13.3. The molecule has 0 saturated heterocycles. The van der Waals surface area contributed by atoms with Crippen LogP contribution in [0.25, 0.3) is 0 Å². The molecule has 0 radical (unpaired) electrons. The Balaban J connectivity index is 0.000000350. The van der Waals surface area contributed by atoms with Gasteiger partial charge in [0.05, 0.1) is 12.7 Å². The van der Waals surface area contributed by atoms with E-state index in [1.807, 2.05) is 48.5 Å². The van der Waals surface area contributed by atoms with E-state index in [-0.39, 0.29) is 0 Å². The van der Waals surface area contributed by atoms with Crippen molar-refractivity contribution in [3.63, 3.8) is 0 Å². The zero-order valence-electron chi connectivity index (χ0n) is 17.0. The Morgan fingerprint density at radius 2 is 1.29 bits per heavy atom.